The van der Waals surface area contributed by atoms with E-state index in [0.29, 0.717) is 0 Å². The Morgan fingerprint density at radius 2 is 1.86 bits per heavy atom. The molecule has 2 nitrogen and oxygen atoms in total. The van der Waals surface area contributed by atoms with E-state index in [9.17, 15) is 0 Å². The Bertz CT molecular complexity index is 332. The predicted octanol–water partition coefficient (Wildman–Crippen LogP) is 2.52. The van der Waals surface area contributed by atoms with Crippen molar-refractivity contribution < 1.29 is 4.74 Å². The first-order chi connectivity index (χ1) is 6.57. The van der Waals surface area contributed by atoms with Crippen molar-refractivity contribution in [2.45, 2.75) is 19.4 Å². The summed E-state index contributed by atoms with van der Waals surface area (Å²) in [4.78, 5) is 0. The van der Waals surface area contributed by atoms with Crippen LogP contribution in [0, 0.1) is 12.3 Å². The molecule has 0 saturated heterocycles. The summed E-state index contributed by atoms with van der Waals surface area (Å²) in [6.07, 6.45) is 5.37. The molecule has 0 unspecified atom stereocenters. The quantitative estimate of drug-likeness (QED) is 0.738. The third-order valence-corrected chi connectivity index (χ3v) is 1.91. The maximum atomic E-state index is 5.37. The van der Waals surface area contributed by atoms with Crippen LogP contribution in [0.3, 0.4) is 0 Å². The van der Waals surface area contributed by atoms with E-state index in [2.05, 4.69) is 11.2 Å². The number of methoxy groups -OCH3 is 1. The molecule has 14 heavy (non-hydrogen) atoms. The van der Waals surface area contributed by atoms with Gasteiger partial charge >= 0.3 is 0 Å². The van der Waals surface area contributed by atoms with E-state index in [0.717, 1.165) is 11.4 Å². The molecule has 0 saturated carbocycles. The van der Waals surface area contributed by atoms with E-state index in [1.807, 2.05) is 38.1 Å². The highest BCUT2D eigenvalue weighted by molar-refractivity contribution is 5.49. The van der Waals surface area contributed by atoms with Crippen LogP contribution >= 0.6 is 0 Å². The van der Waals surface area contributed by atoms with Crippen LogP contribution in [-0.2, 0) is 0 Å². The number of hydrogen-bond acceptors (Lipinski definition) is 2. The van der Waals surface area contributed by atoms with Crippen LogP contribution in [-0.4, -0.2) is 12.6 Å². The summed E-state index contributed by atoms with van der Waals surface area (Å²) in [6.45, 7) is 3.91. The van der Waals surface area contributed by atoms with E-state index >= 15 is 0 Å². The van der Waals surface area contributed by atoms with Crippen LogP contribution < -0.4 is 10.1 Å². The zero-order chi connectivity index (χ0) is 10.6. The van der Waals surface area contributed by atoms with Crippen molar-refractivity contribution in [3.8, 4) is 18.1 Å². The lowest BCUT2D eigenvalue weighted by atomic mass is 10.1. The fourth-order valence-corrected chi connectivity index (χ4v) is 1.07. The van der Waals surface area contributed by atoms with E-state index < -0.39 is 0 Å². The number of anilines is 1. The van der Waals surface area contributed by atoms with Gasteiger partial charge in [0.2, 0.25) is 0 Å². The zero-order valence-corrected chi connectivity index (χ0v) is 8.79. The lowest BCUT2D eigenvalue weighted by molar-refractivity contribution is 0.415. The van der Waals surface area contributed by atoms with Gasteiger partial charge in [-0.15, -0.1) is 6.42 Å². The standard InChI is InChI=1S/C12H15NO/c1-5-12(2,3)13-10-6-8-11(14-4)9-7-10/h1,6-9,13H,2-4H3. The molecule has 0 aromatic heterocycles. The highest BCUT2D eigenvalue weighted by Crippen LogP contribution is 2.18. The first-order valence-corrected chi connectivity index (χ1v) is 4.47. The first kappa shape index (κ1) is 10.5. The van der Waals surface area contributed by atoms with Crippen LogP contribution in [0.2, 0.25) is 0 Å². The lowest BCUT2D eigenvalue weighted by Crippen LogP contribution is -2.28. The maximum Gasteiger partial charge on any atom is 0.119 e. The third-order valence-electron chi connectivity index (χ3n) is 1.91. The minimum absolute atomic E-state index is 0.325. The van der Waals surface area contributed by atoms with Crippen LogP contribution in [0.25, 0.3) is 0 Å². The average molecular weight is 189 g/mol. The van der Waals surface area contributed by atoms with Crippen LogP contribution in [0.5, 0.6) is 5.75 Å². The summed E-state index contributed by atoms with van der Waals surface area (Å²) in [5.74, 6) is 3.52. The van der Waals surface area contributed by atoms with Gasteiger partial charge < -0.3 is 10.1 Å². The third kappa shape index (κ3) is 2.70. The van der Waals surface area contributed by atoms with Crippen LogP contribution in [0.15, 0.2) is 24.3 Å². The molecule has 0 spiro atoms. The predicted molar refractivity (Wildman–Crippen MR) is 59.5 cm³/mol. The fourth-order valence-electron chi connectivity index (χ4n) is 1.07. The Labute approximate surface area is 85.3 Å². The molecule has 2 heteroatoms. The molecule has 0 aliphatic rings. The van der Waals surface area contributed by atoms with Crippen molar-refractivity contribution in [3.63, 3.8) is 0 Å². The molecule has 0 amide bonds. The van der Waals surface area contributed by atoms with Gasteiger partial charge in [-0.2, -0.15) is 0 Å². The van der Waals surface area contributed by atoms with Gasteiger partial charge in [0, 0.05) is 5.69 Å². The zero-order valence-electron chi connectivity index (χ0n) is 8.79. The van der Waals surface area contributed by atoms with Gasteiger partial charge in [0.15, 0.2) is 0 Å². The van der Waals surface area contributed by atoms with Crippen molar-refractivity contribution in [2.24, 2.45) is 0 Å². The topological polar surface area (TPSA) is 21.3 Å². The summed E-state index contributed by atoms with van der Waals surface area (Å²) in [7, 11) is 1.65. The summed E-state index contributed by atoms with van der Waals surface area (Å²) in [5, 5.41) is 3.23. The molecule has 1 rings (SSSR count). The van der Waals surface area contributed by atoms with E-state index in [4.69, 9.17) is 11.2 Å². The van der Waals surface area contributed by atoms with Crippen molar-refractivity contribution in [2.75, 3.05) is 12.4 Å². The largest absolute Gasteiger partial charge is 0.497 e. The molecule has 1 aromatic carbocycles. The number of benzene rings is 1. The Hall–Kier alpha value is -1.62. The van der Waals surface area contributed by atoms with Crippen molar-refractivity contribution in [1.29, 1.82) is 0 Å². The second-order valence-electron chi connectivity index (χ2n) is 3.62. The molecule has 0 atom stereocenters. The first-order valence-electron chi connectivity index (χ1n) is 4.47. The molecular formula is C12H15NO. The number of hydrogen-bond donors (Lipinski definition) is 1. The van der Waals surface area contributed by atoms with Crippen LogP contribution in [0.1, 0.15) is 13.8 Å². The SMILES string of the molecule is C#CC(C)(C)Nc1ccc(OC)cc1. The second-order valence-corrected chi connectivity index (χ2v) is 3.62. The van der Waals surface area contributed by atoms with Gasteiger partial charge in [-0.1, -0.05) is 5.92 Å². The van der Waals surface area contributed by atoms with Gasteiger partial charge in [0.25, 0.3) is 0 Å². The Morgan fingerprint density at radius 1 is 1.29 bits per heavy atom. The highest BCUT2D eigenvalue weighted by Gasteiger charge is 2.12. The van der Waals surface area contributed by atoms with E-state index in [1.54, 1.807) is 7.11 Å². The molecule has 0 radical (unpaired) electrons. The average Bonchev–Trinajstić information content (AvgIpc) is 2.19. The molecule has 0 aliphatic heterocycles. The number of terminal acetylenes is 1. The maximum absolute atomic E-state index is 5.37. The van der Waals surface area contributed by atoms with E-state index in [-0.39, 0.29) is 5.54 Å². The minimum Gasteiger partial charge on any atom is -0.497 e. The molecule has 0 fully saturated rings. The summed E-state index contributed by atoms with van der Waals surface area (Å²) < 4.78 is 5.06. The van der Waals surface area contributed by atoms with E-state index in [1.165, 1.54) is 0 Å². The normalized spacial score (nSPS) is 10.4. The monoisotopic (exact) mass is 189 g/mol. The number of ether oxygens (including phenoxy) is 1. The molecule has 74 valence electrons. The number of rotatable bonds is 3. The molecule has 0 heterocycles. The molecular weight excluding hydrogens is 174 g/mol. The van der Waals surface area contributed by atoms with Gasteiger partial charge in [0.05, 0.1) is 12.6 Å². The smallest absolute Gasteiger partial charge is 0.119 e. The van der Waals surface area contributed by atoms with Crippen molar-refractivity contribution >= 4 is 5.69 Å². The Balaban J connectivity index is 2.75. The highest BCUT2D eigenvalue weighted by atomic mass is 16.5. The number of nitrogens with one attached hydrogen (secondary N) is 1. The molecule has 0 aliphatic carbocycles. The van der Waals surface area contributed by atoms with Gasteiger partial charge in [-0.25, -0.2) is 0 Å². The summed E-state index contributed by atoms with van der Waals surface area (Å²) in [5.41, 5.74) is 0.669. The molecule has 1 aromatic rings. The molecule has 1 N–H and O–H groups in total. The van der Waals surface area contributed by atoms with Gasteiger partial charge in [-0.05, 0) is 38.1 Å². The van der Waals surface area contributed by atoms with Crippen LogP contribution in [0.4, 0.5) is 5.69 Å². The Morgan fingerprint density at radius 3 is 2.29 bits per heavy atom. The van der Waals surface area contributed by atoms with Crippen molar-refractivity contribution in [1.82, 2.24) is 0 Å². The summed E-state index contributed by atoms with van der Waals surface area (Å²) >= 11 is 0. The second kappa shape index (κ2) is 4.06. The summed E-state index contributed by atoms with van der Waals surface area (Å²) in [6, 6.07) is 7.68. The fraction of sp³-hybridized carbons (Fsp3) is 0.333. The Kier molecular flexibility index (Phi) is 3.03. The van der Waals surface area contributed by atoms with Gasteiger partial charge in [0.1, 0.15) is 5.75 Å². The minimum atomic E-state index is -0.325. The lowest BCUT2D eigenvalue weighted by Gasteiger charge is -2.21. The van der Waals surface area contributed by atoms with Gasteiger partial charge in [-0.3, -0.25) is 0 Å². The van der Waals surface area contributed by atoms with Crippen molar-refractivity contribution in [3.05, 3.63) is 24.3 Å². The molecule has 0 bridgehead atoms.